The van der Waals surface area contributed by atoms with E-state index in [9.17, 15) is 8.42 Å². The minimum atomic E-state index is -3.40. The fourth-order valence-corrected chi connectivity index (χ4v) is 4.84. The van der Waals surface area contributed by atoms with Gasteiger partial charge in [-0.25, -0.2) is 13.4 Å². The van der Waals surface area contributed by atoms with Crippen molar-refractivity contribution in [3.63, 3.8) is 0 Å². The van der Waals surface area contributed by atoms with E-state index in [2.05, 4.69) is 35.0 Å². The van der Waals surface area contributed by atoms with Gasteiger partial charge in [0.15, 0.2) is 0 Å². The van der Waals surface area contributed by atoms with Crippen molar-refractivity contribution in [3.05, 3.63) is 18.3 Å². The summed E-state index contributed by atoms with van der Waals surface area (Å²) in [5, 5.41) is 3.31. The molecule has 2 unspecified atom stereocenters. The largest absolute Gasteiger partial charge is 0.370 e. The Hall–Kier alpha value is -1.22. The van der Waals surface area contributed by atoms with Gasteiger partial charge < -0.3 is 5.32 Å². The van der Waals surface area contributed by atoms with Crippen LogP contribution in [0.5, 0.6) is 0 Å². The van der Waals surface area contributed by atoms with Crippen molar-refractivity contribution in [1.29, 1.82) is 0 Å². The predicted octanol–water partition coefficient (Wildman–Crippen LogP) is 1.17. The van der Waals surface area contributed by atoms with E-state index >= 15 is 0 Å². The molecular formula is C16H27N5O2S. The average molecular weight is 353 g/mol. The summed E-state index contributed by atoms with van der Waals surface area (Å²) in [6.07, 6.45) is 4.44. The van der Waals surface area contributed by atoms with Gasteiger partial charge in [-0.05, 0) is 38.8 Å². The molecular weight excluding hydrogens is 326 g/mol. The summed E-state index contributed by atoms with van der Waals surface area (Å²) in [7, 11) is -3.40. The molecule has 0 spiro atoms. The van der Waals surface area contributed by atoms with Gasteiger partial charge in [-0.3, -0.25) is 10.9 Å². The highest BCUT2D eigenvalue weighted by Gasteiger charge is 2.29. The number of nitrogens with zero attached hydrogens (tertiary/aromatic N) is 2. The number of sulfonamides is 1. The van der Waals surface area contributed by atoms with Gasteiger partial charge in [0.25, 0.3) is 0 Å². The van der Waals surface area contributed by atoms with Gasteiger partial charge in [0, 0.05) is 43.8 Å². The number of anilines is 1. The number of aromatic nitrogens is 1. The van der Waals surface area contributed by atoms with Crippen LogP contribution in [0.2, 0.25) is 0 Å². The van der Waals surface area contributed by atoms with Crippen LogP contribution in [0, 0.1) is 5.92 Å². The molecule has 1 aromatic rings. The molecule has 0 bridgehead atoms. The molecule has 2 fully saturated rings. The van der Waals surface area contributed by atoms with Gasteiger partial charge in [0.2, 0.25) is 10.0 Å². The van der Waals surface area contributed by atoms with Crippen molar-refractivity contribution in [3.8, 4) is 0 Å². The van der Waals surface area contributed by atoms with Crippen molar-refractivity contribution in [2.24, 2.45) is 5.92 Å². The summed E-state index contributed by atoms with van der Waals surface area (Å²) in [4.78, 5) is 4.57. The van der Waals surface area contributed by atoms with Gasteiger partial charge in [0.1, 0.15) is 10.7 Å². The molecule has 2 atom stereocenters. The summed E-state index contributed by atoms with van der Waals surface area (Å²) in [5.41, 5.74) is 6.45. The van der Waals surface area contributed by atoms with E-state index in [0.717, 1.165) is 25.8 Å². The van der Waals surface area contributed by atoms with E-state index < -0.39 is 10.0 Å². The highest BCUT2D eigenvalue weighted by molar-refractivity contribution is 7.89. The van der Waals surface area contributed by atoms with Gasteiger partial charge >= 0.3 is 0 Å². The first-order valence-electron chi connectivity index (χ1n) is 8.69. The molecule has 3 rings (SSSR count). The summed E-state index contributed by atoms with van der Waals surface area (Å²) in [6, 6.07) is 4.16. The van der Waals surface area contributed by atoms with E-state index in [1.807, 2.05) is 0 Å². The molecule has 0 aromatic carbocycles. The SMILES string of the molecule is CC1NNC(C)C1CNc1ccc(S(=O)(=O)N2CCCCC2)cn1. The Morgan fingerprint density at radius 1 is 1.17 bits per heavy atom. The molecule has 1 aromatic heterocycles. The Morgan fingerprint density at radius 2 is 1.83 bits per heavy atom. The molecule has 24 heavy (non-hydrogen) atoms. The molecule has 0 radical (unpaired) electrons. The van der Waals surface area contributed by atoms with Crippen LogP contribution in [-0.4, -0.2) is 49.4 Å². The second-order valence-electron chi connectivity index (χ2n) is 6.75. The Kier molecular flexibility index (Phi) is 5.39. The maximum Gasteiger partial charge on any atom is 0.244 e. The highest BCUT2D eigenvalue weighted by Crippen LogP contribution is 2.21. The minimum absolute atomic E-state index is 0.279. The maximum atomic E-state index is 12.6. The molecule has 7 nitrogen and oxygen atoms in total. The third-order valence-electron chi connectivity index (χ3n) is 5.03. The molecule has 2 saturated heterocycles. The zero-order valence-electron chi connectivity index (χ0n) is 14.3. The first kappa shape index (κ1) is 17.6. The number of piperidine rings is 1. The molecule has 134 valence electrons. The maximum absolute atomic E-state index is 12.6. The van der Waals surface area contributed by atoms with Crippen molar-refractivity contribution in [2.75, 3.05) is 25.0 Å². The molecule has 3 N–H and O–H groups in total. The average Bonchev–Trinajstić information content (AvgIpc) is 2.92. The normalized spacial score (nSPS) is 28.8. The van der Waals surface area contributed by atoms with Crippen LogP contribution < -0.4 is 16.2 Å². The van der Waals surface area contributed by atoms with E-state index in [-0.39, 0.29) is 4.90 Å². The molecule has 0 saturated carbocycles. The van der Waals surface area contributed by atoms with E-state index in [0.29, 0.717) is 36.9 Å². The summed E-state index contributed by atoms with van der Waals surface area (Å²) in [5.74, 6) is 1.16. The van der Waals surface area contributed by atoms with Crippen LogP contribution in [-0.2, 0) is 10.0 Å². The molecule has 0 amide bonds. The predicted molar refractivity (Wildman–Crippen MR) is 94.0 cm³/mol. The third-order valence-corrected chi connectivity index (χ3v) is 6.91. The Balaban J connectivity index is 1.62. The van der Waals surface area contributed by atoms with Gasteiger partial charge in [-0.15, -0.1) is 0 Å². The van der Waals surface area contributed by atoms with Crippen molar-refractivity contribution < 1.29 is 8.42 Å². The lowest BCUT2D eigenvalue weighted by atomic mass is 9.97. The van der Waals surface area contributed by atoms with Crippen LogP contribution in [0.15, 0.2) is 23.2 Å². The summed E-state index contributed by atoms with van der Waals surface area (Å²) < 4.78 is 26.8. The van der Waals surface area contributed by atoms with Crippen LogP contribution in [0.3, 0.4) is 0 Å². The topological polar surface area (TPSA) is 86.4 Å². The third kappa shape index (κ3) is 3.72. The number of pyridine rings is 1. The van der Waals surface area contributed by atoms with Crippen molar-refractivity contribution in [2.45, 2.75) is 50.1 Å². The highest BCUT2D eigenvalue weighted by atomic mass is 32.2. The standard InChI is InChI=1S/C16H27N5O2S/c1-12-15(13(2)20-19-12)11-18-16-7-6-14(10-17-16)24(22,23)21-8-4-3-5-9-21/h6-7,10,12-13,15,19-20H,3-5,8-9,11H2,1-2H3,(H,17,18). The molecule has 2 aliphatic heterocycles. The second kappa shape index (κ2) is 7.35. The lowest BCUT2D eigenvalue weighted by Crippen LogP contribution is -2.35. The van der Waals surface area contributed by atoms with Crippen LogP contribution >= 0.6 is 0 Å². The monoisotopic (exact) mass is 353 g/mol. The minimum Gasteiger partial charge on any atom is -0.370 e. The Bertz CT molecular complexity index is 633. The van der Waals surface area contributed by atoms with Crippen LogP contribution in [0.4, 0.5) is 5.82 Å². The van der Waals surface area contributed by atoms with Gasteiger partial charge in [-0.1, -0.05) is 6.42 Å². The molecule has 0 aliphatic carbocycles. The van der Waals surface area contributed by atoms with Crippen molar-refractivity contribution in [1.82, 2.24) is 20.1 Å². The van der Waals surface area contributed by atoms with E-state index in [4.69, 9.17) is 0 Å². The Labute approximate surface area is 144 Å². The van der Waals surface area contributed by atoms with Gasteiger partial charge in [-0.2, -0.15) is 4.31 Å². The second-order valence-corrected chi connectivity index (χ2v) is 8.69. The first-order chi connectivity index (χ1) is 11.5. The Morgan fingerprint density at radius 3 is 2.42 bits per heavy atom. The zero-order valence-corrected chi connectivity index (χ0v) is 15.1. The first-order valence-corrected chi connectivity index (χ1v) is 10.1. The fourth-order valence-electron chi connectivity index (χ4n) is 3.38. The lowest BCUT2D eigenvalue weighted by molar-refractivity contribution is 0.346. The van der Waals surface area contributed by atoms with Crippen LogP contribution in [0.25, 0.3) is 0 Å². The number of nitrogens with one attached hydrogen (secondary N) is 3. The molecule has 8 heteroatoms. The number of hydrogen-bond donors (Lipinski definition) is 3. The molecule has 3 heterocycles. The fraction of sp³-hybridized carbons (Fsp3) is 0.688. The van der Waals surface area contributed by atoms with Gasteiger partial charge in [0.05, 0.1) is 0 Å². The van der Waals surface area contributed by atoms with E-state index in [1.54, 1.807) is 16.4 Å². The zero-order chi connectivity index (χ0) is 17.2. The number of hydrazine groups is 1. The quantitative estimate of drug-likeness (QED) is 0.737. The summed E-state index contributed by atoms with van der Waals surface area (Å²) >= 11 is 0. The number of rotatable bonds is 5. The molecule has 2 aliphatic rings. The van der Waals surface area contributed by atoms with Crippen molar-refractivity contribution >= 4 is 15.8 Å². The smallest absolute Gasteiger partial charge is 0.244 e. The number of hydrogen-bond acceptors (Lipinski definition) is 6. The van der Waals surface area contributed by atoms with E-state index in [1.165, 1.54) is 6.20 Å². The van der Waals surface area contributed by atoms with Crippen LogP contribution in [0.1, 0.15) is 33.1 Å². The lowest BCUT2D eigenvalue weighted by Gasteiger charge is -2.25. The summed E-state index contributed by atoms with van der Waals surface area (Å²) in [6.45, 7) is 6.29.